The zero-order valence-corrected chi connectivity index (χ0v) is 10.3. The maximum absolute atomic E-state index is 5.48. The fraction of sp³-hybridized carbons (Fsp3) is 0.286. The molecule has 1 fully saturated rings. The number of hydrazine groups is 1. The highest BCUT2D eigenvalue weighted by molar-refractivity contribution is 5.62. The summed E-state index contributed by atoms with van der Waals surface area (Å²) in [4.78, 5) is 9.10. The quantitative estimate of drug-likeness (QED) is 0.639. The van der Waals surface area contributed by atoms with Crippen molar-refractivity contribution in [3.05, 3.63) is 42.2 Å². The van der Waals surface area contributed by atoms with E-state index in [0.29, 0.717) is 17.7 Å². The SMILES string of the molecule is CC1CC1c1nc(NN)cc(-c2ccccc2)n1. The van der Waals surface area contributed by atoms with Gasteiger partial charge >= 0.3 is 0 Å². The molecule has 0 amide bonds. The smallest absolute Gasteiger partial charge is 0.144 e. The van der Waals surface area contributed by atoms with Gasteiger partial charge in [0.15, 0.2) is 0 Å². The molecule has 18 heavy (non-hydrogen) atoms. The van der Waals surface area contributed by atoms with Gasteiger partial charge in [0.1, 0.15) is 11.6 Å². The first kappa shape index (κ1) is 11.2. The van der Waals surface area contributed by atoms with Gasteiger partial charge in [-0.2, -0.15) is 0 Å². The van der Waals surface area contributed by atoms with Gasteiger partial charge in [0, 0.05) is 17.5 Å². The molecule has 3 rings (SSSR count). The molecule has 2 atom stereocenters. The van der Waals surface area contributed by atoms with E-state index >= 15 is 0 Å². The summed E-state index contributed by atoms with van der Waals surface area (Å²) in [5.74, 6) is 8.23. The molecule has 1 aromatic carbocycles. The van der Waals surface area contributed by atoms with Crippen LogP contribution >= 0.6 is 0 Å². The van der Waals surface area contributed by atoms with Crippen molar-refractivity contribution in [2.24, 2.45) is 11.8 Å². The van der Waals surface area contributed by atoms with Gasteiger partial charge in [-0.1, -0.05) is 37.3 Å². The molecule has 0 spiro atoms. The van der Waals surface area contributed by atoms with Gasteiger partial charge in [-0.05, 0) is 12.3 Å². The number of anilines is 1. The highest BCUT2D eigenvalue weighted by Crippen LogP contribution is 2.45. The fourth-order valence-electron chi connectivity index (χ4n) is 2.14. The third-order valence-electron chi connectivity index (χ3n) is 3.40. The van der Waals surface area contributed by atoms with Crippen molar-refractivity contribution in [2.45, 2.75) is 19.3 Å². The Morgan fingerprint density at radius 3 is 2.56 bits per heavy atom. The summed E-state index contributed by atoms with van der Waals surface area (Å²) in [6.45, 7) is 2.22. The van der Waals surface area contributed by atoms with Crippen LogP contribution in [-0.2, 0) is 0 Å². The summed E-state index contributed by atoms with van der Waals surface area (Å²) in [6.07, 6.45) is 1.17. The predicted octanol–water partition coefficient (Wildman–Crippen LogP) is 2.55. The molecule has 4 nitrogen and oxygen atoms in total. The summed E-state index contributed by atoms with van der Waals surface area (Å²) >= 11 is 0. The summed E-state index contributed by atoms with van der Waals surface area (Å²) < 4.78 is 0. The first-order valence-corrected chi connectivity index (χ1v) is 6.19. The Morgan fingerprint density at radius 1 is 1.22 bits per heavy atom. The monoisotopic (exact) mass is 240 g/mol. The molecule has 4 heteroatoms. The Balaban J connectivity index is 2.04. The first-order valence-electron chi connectivity index (χ1n) is 6.19. The highest BCUT2D eigenvalue weighted by Gasteiger charge is 2.37. The summed E-state index contributed by atoms with van der Waals surface area (Å²) in [7, 11) is 0. The number of nitrogens with two attached hydrogens (primary N) is 1. The first-order chi connectivity index (χ1) is 8.78. The molecule has 3 N–H and O–H groups in total. The molecule has 0 saturated heterocycles. The zero-order valence-electron chi connectivity index (χ0n) is 10.3. The number of hydrogen-bond acceptors (Lipinski definition) is 4. The van der Waals surface area contributed by atoms with Crippen LogP contribution < -0.4 is 11.3 Å². The maximum Gasteiger partial charge on any atom is 0.144 e. The molecule has 1 heterocycles. The lowest BCUT2D eigenvalue weighted by Gasteiger charge is -2.07. The Kier molecular flexibility index (Phi) is 2.72. The van der Waals surface area contributed by atoms with Crippen LogP contribution in [0.3, 0.4) is 0 Å². The second-order valence-corrected chi connectivity index (χ2v) is 4.83. The van der Waals surface area contributed by atoms with E-state index < -0.39 is 0 Å². The van der Waals surface area contributed by atoms with E-state index in [1.54, 1.807) is 0 Å². The molecule has 92 valence electrons. The Bertz CT molecular complexity index is 553. The average molecular weight is 240 g/mol. The average Bonchev–Trinajstić information content (AvgIpc) is 3.16. The molecule has 0 bridgehead atoms. The van der Waals surface area contributed by atoms with E-state index in [9.17, 15) is 0 Å². The van der Waals surface area contributed by atoms with Crippen molar-refractivity contribution in [3.8, 4) is 11.3 Å². The predicted molar refractivity (Wildman–Crippen MR) is 71.8 cm³/mol. The minimum atomic E-state index is 0.487. The van der Waals surface area contributed by atoms with Crippen LogP contribution in [0.4, 0.5) is 5.82 Å². The van der Waals surface area contributed by atoms with Gasteiger partial charge in [-0.25, -0.2) is 15.8 Å². The standard InChI is InChI=1S/C14H16N4/c1-9-7-11(9)14-16-12(8-13(17-14)18-15)10-5-3-2-4-6-10/h2-6,8-9,11H,7,15H2,1H3,(H,16,17,18). The van der Waals surface area contributed by atoms with Crippen LogP contribution in [0.2, 0.25) is 0 Å². The Hall–Kier alpha value is -1.94. The third kappa shape index (κ3) is 2.07. The number of aromatic nitrogens is 2. The number of hydrogen-bond donors (Lipinski definition) is 2. The van der Waals surface area contributed by atoms with Gasteiger partial charge in [0.05, 0.1) is 5.69 Å². The second kappa shape index (κ2) is 4.38. The van der Waals surface area contributed by atoms with Crippen LogP contribution in [0, 0.1) is 5.92 Å². The molecular formula is C14H16N4. The van der Waals surface area contributed by atoms with Crippen molar-refractivity contribution in [3.63, 3.8) is 0 Å². The van der Waals surface area contributed by atoms with Gasteiger partial charge < -0.3 is 5.43 Å². The minimum Gasteiger partial charge on any atom is -0.308 e. The van der Waals surface area contributed by atoms with E-state index in [1.165, 1.54) is 6.42 Å². The van der Waals surface area contributed by atoms with Crippen molar-refractivity contribution in [2.75, 3.05) is 5.43 Å². The molecule has 1 aliphatic rings. The molecule has 1 aromatic heterocycles. The van der Waals surface area contributed by atoms with Crippen LogP contribution in [0.5, 0.6) is 0 Å². The molecule has 0 radical (unpaired) electrons. The van der Waals surface area contributed by atoms with Crippen molar-refractivity contribution in [1.29, 1.82) is 0 Å². The van der Waals surface area contributed by atoms with Crippen molar-refractivity contribution in [1.82, 2.24) is 9.97 Å². The van der Waals surface area contributed by atoms with Crippen LogP contribution in [0.1, 0.15) is 25.1 Å². The van der Waals surface area contributed by atoms with E-state index in [2.05, 4.69) is 22.3 Å². The number of nitrogens with one attached hydrogen (secondary N) is 1. The lowest BCUT2D eigenvalue weighted by atomic mass is 10.1. The van der Waals surface area contributed by atoms with Gasteiger partial charge in [0.2, 0.25) is 0 Å². The summed E-state index contributed by atoms with van der Waals surface area (Å²) in [5.41, 5.74) is 4.64. The van der Waals surface area contributed by atoms with E-state index in [-0.39, 0.29) is 0 Å². The normalized spacial score (nSPS) is 21.7. The maximum atomic E-state index is 5.48. The van der Waals surface area contributed by atoms with Gasteiger partial charge in [0.25, 0.3) is 0 Å². The van der Waals surface area contributed by atoms with Crippen LogP contribution in [-0.4, -0.2) is 9.97 Å². The zero-order chi connectivity index (χ0) is 12.5. The van der Waals surface area contributed by atoms with Gasteiger partial charge in [-0.15, -0.1) is 0 Å². The Morgan fingerprint density at radius 2 is 1.94 bits per heavy atom. The Labute approximate surface area is 106 Å². The topological polar surface area (TPSA) is 63.8 Å². The van der Waals surface area contributed by atoms with E-state index in [0.717, 1.165) is 17.1 Å². The fourth-order valence-corrected chi connectivity index (χ4v) is 2.14. The lowest BCUT2D eigenvalue weighted by Crippen LogP contribution is -2.10. The van der Waals surface area contributed by atoms with E-state index in [4.69, 9.17) is 5.84 Å². The van der Waals surface area contributed by atoms with Crippen molar-refractivity contribution < 1.29 is 0 Å². The lowest BCUT2D eigenvalue weighted by molar-refractivity contribution is 0.844. The molecule has 2 aromatic rings. The number of nitrogens with zero attached hydrogens (tertiary/aromatic N) is 2. The van der Waals surface area contributed by atoms with Crippen LogP contribution in [0.15, 0.2) is 36.4 Å². The number of rotatable bonds is 3. The number of nitrogen functional groups attached to an aromatic ring is 1. The largest absolute Gasteiger partial charge is 0.308 e. The summed E-state index contributed by atoms with van der Waals surface area (Å²) in [6, 6.07) is 12.0. The minimum absolute atomic E-state index is 0.487. The molecule has 1 aliphatic carbocycles. The third-order valence-corrected chi connectivity index (χ3v) is 3.40. The molecule has 0 aliphatic heterocycles. The number of benzene rings is 1. The second-order valence-electron chi connectivity index (χ2n) is 4.83. The summed E-state index contributed by atoms with van der Waals surface area (Å²) in [5, 5.41) is 0. The van der Waals surface area contributed by atoms with E-state index in [1.807, 2.05) is 36.4 Å². The molecular weight excluding hydrogens is 224 g/mol. The van der Waals surface area contributed by atoms with Crippen molar-refractivity contribution >= 4 is 5.82 Å². The van der Waals surface area contributed by atoms with Crippen LogP contribution in [0.25, 0.3) is 11.3 Å². The van der Waals surface area contributed by atoms with Gasteiger partial charge in [-0.3, -0.25) is 0 Å². The molecule has 1 saturated carbocycles. The molecule has 2 unspecified atom stereocenters. The highest BCUT2D eigenvalue weighted by atomic mass is 15.3.